The van der Waals surface area contributed by atoms with Gasteiger partial charge in [-0.3, -0.25) is 9.36 Å². The van der Waals surface area contributed by atoms with E-state index in [9.17, 15) is 13.2 Å². The number of sulfonamides is 1. The third kappa shape index (κ3) is 4.07. The molecule has 9 nitrogen and oxygen atoms in total. The number of rotatable bonds is 5. The van der Waals surface area contributed by atoms with Gasteiger partial charge in [0.2, 0.25) is 0 Å². The Balaban J connectivity index is 1.65. The molecule has 0 radical (unpaired) electrons. The summed E-state index contributed by atoms with van der Waals surface area (Å²) >= 11 is 0. The number of fused-ring (bicyclic) bond motifs is 1. The first-order valence-electron chi connectivity index (χ1n) is 10.2. The van der Waals surface area contributed by atoms with Gasteiger partial charge in [0, 0.05) is 24.8 Å². The zero-order chi connectivity index (χ0) is 22.3. The molecule has 0 unspecified atom stereocenters. The first kappa shape index (κ1) is 21.1. The number of urea groups is 1. The van der Waals surface area contributed by atoms with E-state index in [1.807, 2.05) is 40.0 Å². The van der Waals surface area contributed by atoms with E-state index < -0.39 is 16.1 Å². The number of carbonyl (C=O) groups excluding carboxylic acids is 1. The molecule has 10 heteroatoms. The van der Waals surface area contributed by atoms with E-state index in [-0.39, 0.29) is 11.1 Å². The Morgan fingerprint density at radius 2 is 1.94 bits per heavy atom. The molecular formula is C21H26N6O3S. The largest absolute Gasteiger partial charge is 0.333 e. The first-order valence-corrected chi connectivity index (χ1v) is 11.7. The standard InChI is InChI=1S/C21H26N6O3S/c1-13(2)27-11-10-19(24-27)31(29,30)25-21(28)22-20-16-7-5-6-15(16)8-9-17(20)18-12-14(3)23-26(18)4/h8-13H,5-7H2,1-4H3,(H2,22,25,28). The molecule has 164 valence electrons. The number of nitrogens with one attached hydrogen (secondary N) is 2. The number of anilines is 1. The highest BCUT2D eigenvalue weighted by molar-refractivity contribution is 7.90. The molecule has 0 fully saturated rings. The lowest BCUT2D eigenvalue weighted by atomic mass is 10.0. The molecule has 0 saturated carbocycles. The topological polar surface area (TPSA) is 111 Å². The summed E-state index contributed by atoms with van der Waals surface area (Å²) in [6.45, 7) is 5.68. The number of aryl methyl sites for hydroxylation is 3. The average Bonchev–Trinajstić information content (AvgIpc) is 3.41. The molecule has 0 aliphatic heterocycles. The Morgan fingerprint density at radius 3 is 2.58 bits per heavy atom. The summed E-state index contributed by atoms with van der Waals surface area (Å²) in [6, 6.07) is 6.52. The molecule has 2 aromatic heterocycles. The molecule has 0 saturated heterocycles. The maximum atomic E-state index is 12.8. The van der Waals surface area contributed by atoms with E-state index in [1.165, 1.54) is 10.7 Å². The van der Waals surface area contributed by atoms with Crippen molar-refractivity contribution in [3.05, 3.63) is 47.3 Å². The van der Waals surface area contributed by atoms with E-state index in [0.717, 1.165) is 47.3 Å². The molecule has 31 heavy (non-hydrogen) atoms. The fraction of sp³-hybridized carbons (Fsp3) is 0.381. The zero-order valence-corrected chi connectivity index (χ0v) is 18.8. The number of aromatic nitrogens is 4. The first-order chi connectivity index (χ1) is 14.7. The lowest BCUT2D eigenvalue weighted by molar-refractivity contribution is 0.256. The molecule has 2 amide bonds. The number of hydrogen-bond acceptors (Lipinski definition) is 5. The molecule has 2 heterocycles. The fourth-order valence-electron chi connectivity index (χ4n) is 3.95. The minimum atomic E-state index is -4.10. The van der Waals surface area contributed by atoms with Crippen LogP contribution in [0.1, 0.15) is 43.1 Å². The van der Waals surface area contributed by atoms with Crippen molar-refractivity contribution < 1.29 is 13.2 Å². The number of benzene rings is 1. The van der Waals surface area contributed by atoms with Gasteiger partial charge in [0.15, 0.2) is 5.03 Å². The van der Waals surface area contributed by atoms with Crippen LogP contribution in [0.2, 0.25) is 0 Å². The van der Waals surface area contributed by atoms with Crippen molar-refractivity contribution in [3.63, 3.8) is 0 Å². The summed E-state index contributed by atoms with van der Waals surface area (Å²) in [5.74, 6) is 0. The highest BCUT2D eigenvalue weighted by Crippen LogP contribution is 2.37. The van der Waals surface area contributed by atoms with E-state index in [1.54, 1.807) is 10.9 Å². The Kier molecular flexibility index (Phi) is 5.34. The molecule has 1 aliphatic carbocycles. The maximum absolute atomic E-state index is 12.8. The van der Waals surface area contributed by atoms with Crippen molar-refractivity contribution >= 4 is 21.7 Å². The number of amides is 2. The summed E-state index contributed by atoms with van der Waals surface area (Å²) in [4.78, 5) is 12.8. The number of hydrogen-bond donors (Lipinski definition) is 2. The molecule has 0 atom stereocenters. The SMILES string of the molecule is Cc1cc(-c2ccc3c(c2NC(=O)NS(=O)(=O)c2ccn(C(C)C)n2)CCC3)n(C)n1. The van der Waals surface area contributed by atoms with Crippen molar-refractivity contribution in [2.45, 2.75) is 51.1 Å². The molecular weight excluding hydrogens is 416 g/mol. The summed E-state index contributed by atoms with van der Waals surface area (Å²) in [7, 11) is -2.26. The van der Waals surface area contributed by atoms with Gasteiger partial charge in [0.25, 0.3) is 10.0 Å². The minimum Gasteiger partial charge on any atom is -0.306 e. The monoisotopic (exact) mass is 442 g/mol. The van der Waals surface area contributed by atoms with Crippen LogP contribution < -0.4 is 10.0 Å². The molecule has 1 aliphatic rings. The van der Waals surface area contributed by atoms with Crippen LogP contribution in [0, 0.1) is 6.92 Å². The Labute approximate surface area is 181 Å². The maximum Gasteiger partial charge on any atom is 0.333 e. The normalized spacial score (nSPS) is 13.5. The Morgan fingerprint density at radius 1 is 1.16 bits per heavy atom. The summed E-state index contributed by atoms with van der Waals surface area (Å²) in [5, 5.41) is 11.1. The van der Waals surface area contributed by atoms with Gasteiger partial charge in [0.05, 0.1) is 17.1 Å². The highest BCUT2D eigenvalue weighted by atomic mass is 32.2. The second kappa shape index (κ2) is 7.84. The predicted molar refractivity (Wildman–Crippen MR) is 117 cm³/mol. The Hall–Kier alpha value is -3.14. The predicted octanol–water partition coefficient (Wildman–Crippen LogP) is 3.17. The van der Waals surface area contributed by atoms with Crippen LogP contribution in [0.4, 0.5) is 10.5 Å². The Bertz CT molecular complexity index is 1260. The van der Waals surface area contributed by atoms with Crippen molar-refractivity contribution in [1.82, 2.24) is 24.3 Å². The van der Waals surface area contributed by atoms with Gasteiger partial charge in [-0.25, -0.2) is 9.52 Å². The van der Waals surface area contributed by atoms with Gasteiger partial charge in [-0.05, 0) is 63.3 Å². The summed E-state index contributed by atoms with van der Waals surface area (Å²) in [6.07, 6.45) is 4.32. The molecule has 0 spiro atoms. The van der Waals surface area contributed by atoms with Crippen molar-refractivity contribution in [1.29, 1.82) is 0 Å². The molecule has 1 aromatic carbocycles. The minimum absolute atomic E-state index is 0.00888. The smallest absolute Gasteiger partial charge is 0.306 e. The van der Waals surface area contributed by atoms with Crippen molar-refractivity contribution in [3.8, 4) is 11.3 Å². The third-order valence-electron chi connectivity index (χ3n) is 5.41. The second-order valence-corrected chi connectivity index (χ2v) is 9.69. The third-order valence-corrected chi connectivity index (χ3v) is 6.64. The van der Waals surface area contributed by atoms with E-state index in [2.05, 4.69) is 26.3 Å². The van der Waals surface area contributed by atoms with Crippen LogP contribution in [0.15, 0.2) is 35.5 Å². The quantitative estimate of drug-likeness (QED) is 0.630. The average molecular weight is 443 g/mol. The lowest BCUT2D eigenvalue weighted by Gasteiger charge is -2.16. The van der Waals surface area contributed by atoms with Crippen LogP contribution in [-0.2, 0) is 29.9 Å². The van der Waals surface area contributed by atoms with Crippen LogP contribution in [0.3, 0.4) is 0 Å². The van der Waals surface area contributed by atoms with E-state index >= 15 is 0 Å². The number of nitrogens with zero attached hydrogens (tertiary/aromatic N) is 4. The summed E-state index contributed by atoms with van der Waals surface area (Å²) < 4.78 is 30.7. The van der Waals surface area contributed by atoms with Gasteiger partial charge >= 0.3 is 6.03 Å². The van der Waals surface area contributed by atoms with Crippen molar-refractivity contribution in [2.75, 3.05) is 5.32 Å². The van der Waals surface area contributed by atoms with Gasteiger partial charge < -0.3 is 5.32 Å². The van der Waals surface area contributed by atoms with Gasteiger partial charge in [0.1, 0.15) is 0 Å². The molecule has 3 aromatic rings. The van der Waals surface area contributed by atoms with Crippen LogP contribution in [-0.4, -0.2) is 34.0 Å². The fourth-order valence-corrected chi connectivity index (χ4v) is 4.79. The van der Waals surface area contributed by atoms with Gasteiger partial charge in [-0.1, -0.05) is 12.1 Å². The zero-order valence-electron chi connectivity index (χ0n) is 18.0. The van der Waals surface area contributed by atoms with Crippen LogP contribution in [0.5, 0.6) is 0 Å². The number of carbonyl (C=O) groups is 1. The summed E-state index contributed by atoms with van der Waals surface area (Å²) in [5.41, 5.74) is 5.33. The molecule has 0 bridgehead atoms. The van der Waals surface area contributed by atoms with Crippen LogP contribution in [0.25, 0.3) is 11.3 Å². The van der Waals surface area contributed by atoms with Gasteiger partial charge in [-0.15, -0.1) is 0 Å². The lowest BCUT2D eigenvalue weighted by Crippen LogP contribution is -2.35. The molecule has 4 rings (SSSR count). The van der Waals surface area contributed by atoms with E-state index in [4.69, 9.17) is 0 Å². The molecule has 2 N–H and O–H groups in total. The second-order valence-electron chi connectivity index (χ2n) is 8.06. The van der Waals surface area contributed by atoms with Crippen LogP contribution >= 0.6 is 0 Å². The van der Waals surface area contributed by atoms with Gasteiger partial charge in [-0.2, -0.15) is 18.6 Å². The van der Waals surface area contributed by atoms with Crippen molar-refractivity contribution in [2.24, 2.45) is 7.05 Å². The highest BCUT2D eigenvalue weighted by Gasteiger charge is 2.25. The van der Waals surface area contributed by atoms with E-state index in [0.29, 0.717) is 5.69 Å².